The van der Waals surface area contributed by atoms with Crippen molar-refractivity contribution < 1.29 is 33.1 Å². The van der Waals surface area contributed by atoms with Crippen LogP contribution in [0.2, 0.25) is 19.1 Å². The molecule has 0 bridgehead atoms. The van der Waals surface area contributed by atoms with E-state index in [1.54, 1.807) is 11.9 Å². The van der Waals surface area contributed by atoms with Gasteiger partial charge in [0.1, 0.15) is 18.2 Å². The molecular formula is C50H74N4O7Si. The van der Waals surface area contributed by atoms with Gasteiger partial charge in [0.15, 0.2) is 8.32 Å². The van der Waals surface area contributed by atoms with Crippen molar-refractivity contribution in [1.29, 1.82) is 0 Å². The summed E-state index contributed by atoms with van der Waals surface area (Å²) in [7, 11) is -0.551. The van der Waals surface area contributed by atoms with E-state index in [9.17, 15) is 19.2 Å². The number of alkyl carbamates (subject to hydrolysis) is 1. The van der Waals surface area contributed by atoms with E-state index in [2.05, 4.69) is 30.7 Å². The fourth-order valence-electron chi connectivity index (χ4n) is 8.04. The molecule has 0 saturated carbocycles. The highest BCUT2D eigenvalue weighted by Gasteiger charge is 2.38. The smallest absolute Gasteiger partial charge is 0.409 e. The maximum absolute atomic E-state index is 14.8. The van der Waals surface area contributed by atoms with Crippen LogP contribution in [0.25, 0.3) is 0 Å². The second-order valence-electron chi connectivity index (χ2n) is 19.0. The van der Waals surface area contributed by atoms with Gasteiger partial charge in [-0.05, 0) is 101 Å². The molecule has 3 unspecified atom stereocenters. The number of ether oxygens (including phenoxy) is 2. The lowest BCUT2D eigenvalue weighted by atomic mass is 9.88. The Labute approximate surface area is 372 Å². The minimum absolute atomic E-state index is 0.102. The molecule has 1 heterocycles. The minimum Gasteiger partial charge on any atom is -0.445 e. The molecule has 1 fully saturated rings. The number of carbonyl (C=O) groups excluding carboxylic acids is 4. The van der Waals surface area contributed by atoms with E-state index in [1.165, 1.54) is 0 Å². The van der Waals surface area contributed by atoms with Gasteiger partial charge in [-0.2, -0.15) is 0 Å². The van der Waals surface area contributed by atoms with Gasteiger partial charge < -0.3 is 34.3 Å². The molecule has 0 aliphatic carbocycles. The molecule has 1 aliphatic rings. The second-order valence-corrected chi connectivity index (χ2v) is 23.3. The number of likely N-dealkylation sites (tertiary alicyclic amines) is 1. The van der Waals surface area contributed by atoms with Crippen molar-refractivity contribution in [3.8, 4) is 0 Å². The topological polar surface area (TPSA) is 127 Å². The van der Waals surface area contributed by atoms with Crippen LogP contribution in [0.15, 0.2) is 91.0 Å². The van der Waals surface area contributed by atoms with Gasteiger partial charge in [-0.15, -0.1) is 0 Å². The summed E-state index contributed by atoms with van der Waals surface area (Å²) in [5, 5.41) is 6.41. The zero-order valence-electron chi connectivity index (χ0n) is 38.9. The van der Waals surface area contributed by atoms with Crippen LogP contribution in [-0.4, -0.2) is 92.6 Å². The standard InChI is InChI=1S/C50H74N4O7Si/c1-10-11-31-62(8,9)61-44(43(33-39-23-17-13-18-24-39)51-48(57)60-50(4,5)6)34-42(32-38-21-15-12-16-22-38)46(55)52-45(37(2)3)47(56)54-29-27-40(28-30-54)35-53(7)49(58)59-36-41-25-19-14-20-26-41/h12-26,37,40,42-45H,10-11,27-36H2,1-9H3,(H,51,57)(H,52,55)/t42?,43?,44?,45-/m0/s1. The van der Waals surface area contributed by atoms with E-state index in [4.69, 9.17) is 13.9 Å². The van der Waals surface area contributed by atoms with E-state index >= 15 is 0 Å². The van der Waals surface area contributed by atoms with Crippen molar-refractivity contribution in [1.82, 2.24) is 20.4 Å². The third-order valence-electron chi connectivity index (χ3n) is 11.5. The predicted octanol–water partition coefficient (Wildman–Crippen LogP) is 9.41. The Morgan fingerprint density at radius 1 is 0.823 bits per heavy atom. The SMILES string of the molecule is CCCC[Si](C)(C)OC(CC(Cc1ccccc1)C(=O)N[C@H](C(=O)N1CCC(CN(C)C(=O)OCc2ccccc2)CC1)C(C)C)C(Cc1ccccc1)NC(=O)OC(C)(C)C. The van der Waals surface area contributed by atoms with E-state index in [0.717, 1.165) is 48.4 Å². The van der Waals surface area contributed by atoms with Gasteiger partial charge in [-0.1, -0.05) is 125 Å². The van der Waals surface area contributed by atoms with Gasteiger partial charge in [0.05, 0.1) is 12.1 Å². The number of hydrogen-bond acceptors (Lipinski definition) is 7. The van der Waals surface area contributed by atoms with Crippen molar-refractivity contribution in [3.63, 3.8) is 0 Å². The summed E-state index contributed by atoms with van der Waals surface area (Å²) in [5.41, 5.74) is 2.26. The van der Waals surface area contributed by atoms with Crippen molar-refractivity contribution >= 4 is 32.3 Å². The molecule has 0 spiro atoms. The Hall–Kier alpha value is -4.68. The molecule has 0 aromatic heterocycles. The summed E-state index contributed by atoms with van der Waals surface area (Å²) in [5.74, 6) is -0.844. The van der Waals surface area contributed by atoms with Gasteiger partial charge in [0.25, 0.3) is 0 Å². The highest BCUT2D eigenvalue weighted by atomic mass is 28.4. The summed E-state index contributed by atoms with van der Waals surface area (Å²) in [4.78, 5) is 58.9. The van der Waals surface area contributed by atoms with Gasteiger partial charge >= 0.3 is 12.2 Å². The van der Waals surface area contributed by atoms with E-state index in [-0.39, 0.29) is 36.4 Å². The molecule has 0 radical (unpaired) electrons. The highest BCUT2D eigenvalue weighted by Crippen LogP contribution is 2.28. The van der Waals surface area contributed by atoms with Crippen LogP contribution < -0.4 is 10.6 Å². The Morgan fingerprint density at radius 2 is 1.37 bits per heavy atom. The summed E-state index contributed by atoms with van der Waals surface area (Å²) in [6.45, 7) is 17.9. The third-order valence-corrected chi connectivity index (χ3v) is 14.0. The van der Waals surface area contributed by atoms with E-state index in [1.807, 2.05) is 131 Å². The number of unbranched alkanes of at least 4 members (excludes halogenated alkanes) is 1. The Balaban J connectivity index is 1.53. The van der Waals surface area contributed by atoms with Gasteiger partial charge in [0.2, 0.25) is 11.8 Å². The normalized spacial score (nSPS) is 15.5. The summed E-state index contributed by atoms with van der Waals surface area (Å²) >= 11 is 0. The molecule has 11 nitrogen and oxygen atoms in total. The van der Waals surface area contributed by atoms with Crippen LogP contribution >= 0.6 is 0 Å². The zero-order chi connectivity index (χ0) is 45.3. The molecule has 12 heteroatoms. The van der Waals surface area contributed by atoms with Crippen LogP contribution in [0.1, 0.15) is 90.3 Å². The van der Waals surface area contributed by atoms with Crippen LogP contribution in [0, 0.1) is 17.8 Å². The number of nitrogens with zero attached hydrogens (tertiary/aromatic N) is 2. The predicted molar refractivity (Wildman–Crippen MR) is 249 cm³/mol. The van der Waals surface area contributed by atoms with Crippen molar-refractivity contribution in [2.45, 2.75) is 136 Å². The van der Waals surface area contributed by atoms with Crippen LogP contribution in [0.3, 0.4) is 0 Å². The third kappa shape index (κ3) is 17.2. The van der Waals surface area contributed by atoms with Crippen molar-refractivity contribution in [3.05, 3.63) is 108 Å². The number of hydrogen-bond donors (Lipinski definition) is 2. The summed E-state index contributed by atoms with van der Waals surface area (Å²) in [6.07, 6.45) is 3.34. The van der Waals surface area contributed by atoms with E-state index < -0.39 is 44.1 Å². The number of carbonyl (C=O) groups is 4. The molecule has 2 N–H and O–H groups in total. The Kier molecular flexibility index (Phi) is 19.5. The zero-order valence-corrected chi connectivity index (χ0v) is 39.9. The molecule has 3 aromatic rings. The maximum atomic E-state index is 14.8. The average molecular weight is 871 g/mol. The first-order valence-corrected chi connectivity index (χ1v) is 25.8. The first-order chi connectivity index (χ1) is 29.4. The first-order valence-electron chi connectivity index (χ1n) is 22.7. The lowest BCUT2D eigenvalue weighted by Crippen LogP contribution is -2.55. The maximum Gasteiger partial charge on any atom is 0.409 e. The average Bonchev–Trinajstić information content (AvgIpc) is 3.23. The van der Waals surface area contributed by atoms with Crippen molar-refractivity contribution in [2.75, 3.05) is 26.7 Å². The van der Waals surface area contributed by atoms with Crippen LogP contribution in [0.5, 0.6) is 0 Å². The van der Waals surface area contributed by atoms with Gasteiger partial charge in [0, 0.05) is 32.6 Å². The molecule has 4 atom stereocenters. The van der Waals surface area contributed by atoms with E-state index in [0.29, 0.717) is 38.9 Å². The Bertz CT molecular complexity index is 1810. The van der Waals surface area contributed by atoms with Gasteiger partial charge in [-0.25, -0.2) is 9.59 Å². The number of benzene rings is 3. The fourth-order valence-corrected chi connectivity index (χ4v) is 10.4. The van der Waals surface area contributed by atoms with Gasteiger partial charge in [-0.3, -0.25) is 9.59 Å². The molecule has 4 rings (SSSR count). The highest BCUT2D eigenvalue weighted by molar-refractivity contribution is 6.71. The van der Waals surface area contributed by atoms with Crippen LogP contribution in [-0.2, 0) is 42.9 Å². The second kappa shape index (κ2) is 24.2. The van der Waals surface area contributed by atoms with Crippen LogP contribution in [0.4, 0.5) is 9.59 Å². The minimum atomic E-state index is -2.30. The number of piperidine rings is 1. The number of amides is 4. The molecule has 340 valence electrons. The lowest BCUT2D eigenvalue weighted by Gasteiger charge is -2.38. The Morgan fingerprint density at radius 3 is 1.90 bits per heavy atom. The first kappa shape index (κ1) is 50.0. The molecule has 3 aromatic carbocycles. The molecular weight excluding hydrogens is 797 g/mol. The lowest BCUT2D eigenvalue weighted by molar-refractivity contribution is -0.140. The molecule has 4 amide bonds. The van der Waals surface area contributed by atoms with Crippen molar-refractivity contribution in [2.24, 2.45) is 17.8 Å². The number of nitrogens with one attached hydrogen (secondary N) is 2. The summed E-state index contributed by atoms with van der Waals surface area (Å²) in [6, 6.07) is 29.3. The molecule has 62 heavy (non-hydrogen) atoms. The fraction of sp³-hybridized carbons (Fsp3) is 0.560. The quantitative estimate of drug-likeness (QED) is 0.102. The molecule has 1 saturated heterocycles. The largest absolute Gasteiger partial charge is 0.445 e. The number of rotatable bonds is 21. The summed E-state index contributed by atoms with van der Waals surface area (Å²) < 4.78 is 18.5. The molecule has 1 aliphatic heterocycles. The monoisotopic (exact) mass is 871 g/mol.